The molecule has 0 aliphatic heterocycles. The van der Waals surface area contributed by atoms with Crippen LogP contribution in [-0.4, -0.2) is 54.4 Å². The molecule has 0 fully saturated rings. The molecule has 0 aromatic rings. The van der Waals surface area contributed by atoms with Gasteiger partial charge in [0.2, 0.25) is 0 Å². The van der Waals surface area contributed by atoms with Crippen molar-refractivity contribution in [3.8, 4) is 0 Å². The normalized spacial score (nSPS) is 14.6. The maximum atomic E-state index is 11.9. The number of hydrogen-bond acceptors (Lipinski definition) is 6. The Labute approximate surface area is 106 Å². The molecule has 0 aromatic heterocycles. The van der Waals surface area contributed by atoms with Crippen LogP contribution >= 0.6 is 0 Å². The fourth-order valence-corrected chi connectivity index (χ4v) is 2.45. The van der Waals surface area contributed by atoms with Crippen molar-refractivity contribution in [1.82, 2.24) is 0 Å². The maximum Gasteiger partial charge on any atom is 0.270 e. The van der Waals surface area contributed by atoms with E-state index < -0.39 is 57.8 Å². The van der Waals surface area contributed by atoms with Crippen LogP contribution in [0.5, 0.6) is 0 Å². The zero-order valence-corrected chi connectivity index (χ0v) is 11.5. The summed E-state index contributed by atoms with van der Waals surface area (Å²) in [6, 6.07) is 0. The number of alkyl halides is 2. The van der Waals surface area contributed by atoms with Gasteiger partial charge in [0.05, 0.1) is 6.61 Å². The molecule has 0 saturated carbocycles. The minimum atomic E-state index is -4.05. The maximum absolute atomic E-state index is 11.9. The van der Waals surface area contributed by atoms with E-state index in [0.29, 0.717) is 0 Å². The summed E-state index contributed by atoms with van der Waals surface area (Å²) in [4.78, 5) is 0. The summed E-state index contributed by atoms with van der Waals surface area (Å²) < 4.78 is 77.0. The summed E-state index contributed by atoms with van der Waals surface area (Å²) in [6.07, 6.45) is -0.896. The van der Waals surface area contributed by atoms with E-state index in [-0.39, 0.29) is 6.42 Å². The molecule has 0 aliphatic rings. The van der Waals surface area contributed by atoms with Crippen molar-refractivity contribution in [3.63, 3.8) is 0 Å². The quantitative estimate of drug-likeness (QED) is 0.543. The molecule has 0 rings (SSSR count). The van der Waals surface area contributed by atoms with Gasteiger partial charge < -0.3 is 0 Å². The van der Waals surface area contributed by atoms with Gasteiger partial charge in [-0.3, -0.25) is 8.37 Å². The molecule has 110 valence electrons. The molecule has 0 bridgehead atoms. The molecule has 0 saturated heterocycles. The fourth-order valence-electron chi connectivity index (χ4n) is 0.897. The molecule has 0 radical (unpaired) electrons. The molecule has 18 heavy (non-hydrogen) atoms. The van der Waals surface area contributed by atoms with Gasteiger partial charge in [-0.05, 0) is 6.42 Å². The average Bonchev–Trinajstić information content (AvgIpc) is 2.24. The van der Waals surface area contributed by atoms with E-state index in [2.05, 4.69) is 8.37 Å². The van der Waals surface area contributed by atoms with Crippen LogP contribution in [0.25, 0.3) is 0 Å². The van der Waals surface area contributed by atoms with Gasteiger partial charge in [-0.15, -0.1) is 0 Å². The molecule has 0 aliphatic carbocycles. The van der Waals surface area contributed by atoms with Gasteiger partial charge in [-0.25, -0.2) is 8.78 Å². The molecule has 0 N–H and O–H groups in total. The van der Waals surface area contributed by atoms with Gasteiger partial charge in [0.15, 0.2) is 0 Å². The van der Waals surface area contributed by atoms with E-state index in [4.69, 9.17) is 0 Å². The van der Waals surface area contributed by atoms with Crippen molar-refractivity contribution in [2.45, 2.75) is 19.4 Å². The van der Waals surface area contributed by atoms with Crippen LogP contribution in [0.3, 0.4) is 0 Å². The molecular weight excluding hydrogens is 294 g/mol. The van der Waals surface area contributed by atoms with E-state index in [1.165, 1.54) is 0 Å². The first-order chi connectivity index (χ1) is 8.26. The minimum Gasteiger partial charge on any atom is -0.267 e. The second-order valence-electron chi connectivity index (χ2n) is 3.31. The van der Waals surface area contributed by atoms with Gasteiger partial charge in [0.25, 0.3) is 20.2 Å². The van der Waals surface area contributed by atoms with Crippen molar-refractivity contribution >= 4 is 20.2 Å². The first kappa shape index (κ1) is 17.7. The molecule has 1 unspecified atom stereocenters. The molecule has 10 heteroatoms. The third-order valence-electron chi connectivity index (χ3n) is 1.83. The van der Waals surface area contributed by atoms with Gasteiger partial charge in [-0.2, -0.15) is 16.8 Å². The van der Waals surface area contributed by atoms with E-state index in [1.54, 1.807) is 6.92 Å². The van der Waals surface area contributed by atoms with Crippen molar-refractivity contribution in [1.29, 1.82) is 0 Å². The van der Waals surface area contributed by atoms with E-state index in [9.17, 15) is 25.6 Å². The van der Waals surface area contributed by atoms with Crippen LogP contribution in [0.4, 0.5) is 8.78 Å². The number of rotatable bonds is 10. The smallest absolute Gasteiger partial charge is 0.267 e. The lowest BCUT2D eigenvalue weighted by molar-refractivity contribution is 0.134. The lowest BCUT2D eigenvalue weighted by Crippen LogP contribution is -2.27. The molecule has 0 heterocycles. The standard InChI is InChI=1S/C8H16F2O6S2/c1-2-8(16-18(13,14)6-4-10)7-15-17(11,12)5-3-9/h8H,2-7H2,1H3. The Kier molecular flexibility index (Phi) is 7.83. The van der Waals surface area contributed by atoms with Gasteiger partial charge in [0, 0.05) is 0 Å². The topological polar surface area (TPSA) is 86.7 Å². The van der Waals surface area contributed by atoms with Gasteiger partial charge in [0.1, 0.15) is 31.0 Å². The van der Waals surface area contributed by atoms with Crippen molar-refractivity contribution < 1.29 is 34.0 Å². The Hall–Kier alpha value is -0.320. The Morgan fingerprint density at radius 3 is 1.94 bits per heavy atom. The van der Waals surface area contributed by atoms with Crippen molar-refractivity contribution in [3.05, 3.63) is 0 Å². The average molecular weight is 310 g/mol. The highest BCUT2D eigenvalue weighted by Crippen LogP contribution is 2.07. The van der Waals surface area contributed by atoms with E-state index >= 15 is 0 Å². The first-order valence-electron chi connectivity index (χ1n) is 5.16. The Balaban J connectivity index is 4.38. The van der Waals surface area contributed by atoms with Crippen LogP contribution in [-0.2, 0) is 28.6 Å². The number of hydrogen-bond donors (Lipinski definition) is 0. The predicted molar refractivity (Wildman–Crippen MR) is 60.6 cm³/mol. The van der Waals surface area contributed by atoms with Crippen molar-refractivity contribution in [2.24, 2.45) is 0 Å². The molecule has 6 nitrogen and oxygen atoms in total. The van der Waals surface area contributed by atoms with Crippen LogP contribution in [0.15, 0.2) is 0 Å². The molecule has 0 aromatic carbocycles. The van der Waals surface area contributed by atoms with Crippen molar-refractivity contribution in [2.75, 3.05) is 31.5 Å². The van der Waals surface area contributed by atoms with Crippen LogP contribution < -0.4 is 0 Å². The Morgan fingerprint density at radius 1 is 1.00 bits per heavy atom. The zero-order chi connectivity index (χ0) is 14.2. The highest BCUT2D eigenvalue weighted by molar-refractivity contribution is 7.87. The SMILES string of the molecule is CCC(COS(=O)(=O)CCF)OS(=O)(=O)CCF. The summed E-state index contributed by atoms with van der Waals surface area (Å²) in [5.41, 5.74) is 0. The van der Waals surface area contributed by atoms with E-state index in [0.717, 1.165) is 0 Å². The largest absolute Gasteiger partial charge is 0.270 e. The second-order valence-corrected chi connectivity index (χ2v) is 6.79. The summed E-state index contributed by atoms with van der Waals surface area (Å²) in [6.45, 7) is -1.20. The van der Waals surface area contributed by atoms with E-state index in [1.807, 2.05) is 0 Å². The highest BCUT2D eigenvalue weighted by Gasteiger charge is 2.21. The lowest BCUT2D eigenvalue weighted by Gasteiger charge is -2.15. The highest BCUT2D eigenvalue weighted by atomic mass is 32.2. The third-order valence-corrected chi connectivity index (χ3v) is 4.20. The molecule has 1 atom stereocenters. The minimum absolute atomic E-state index is 0.149. The molecular formula is C8H16F2O6S2. The fraction of sp³-hybridized carbons (Fsp3) is 1.00. The van der Waals surface area contributed by atoms with Gasteiger partial charge >= 0.3 is 0 Å². The predicted octanol–water partition coefficient (Wildman–Crippen LogP) is 0.397. The van der Waals surface area contributed by atoms with Crippen LogP contribution in [0, 0.1) is 0 Å². The monoisotopic (exact) mass is 310 g/mol. The third kappa shape index (κ3) is 7.90. The molecule has 0 amide bonds. The zero-order valence-electron chi connectivity index (χ0n) is 9.84. The summed E-state index contributed by atoms with van der Waals surface area (Å²) in [5.74, 6) is -1.61. The molecule has 0 spiro atoms. The van der Waals surface area contributed by atoms with Crippen LogP contribution in [0.1, 0.15) is 13.3 Å². The Morgan fingerprint density at radius 2 is 1.50 bits per heavy atom. The summed E-state index contributed by atoms with van der Waals surface area (Å²) >= 11 is 0. The summed E-state index contributed by atoms with van der Waals surface area (Å²) in [7, 11) is -8.08. The summed E-state index contributed by atoms with van der Waals surface area (Å²) in [5, 5.41) is 0. The first-order valence-corrected chi connectivity index (χ1v) is 8.31. The van der Waals surface area contributed by atoms with Crippen LogP contribution in [0.2, 0.25) is 0 Å². The van der Waals surface area contributed by atoms with Gasteiger partial charge in [-0.1, -0.05) is 6.92 Å². The lowest BCUT2D eigenvalue weighted by atomic mass is 10.3. The number of halogens is 2. The Bertz CT molecular complexity index is 419. The second kappa shape index (κ2) is 7.97.